The second-order valence-electron chi connectivity index (χ2n) is 4.49. The summed E-state index contributed by atoms with van der Waals surface area (Å²) in [5.74, 6) is -0.215. The summed E-state index contributed by atoms with van der Waals surface area (Å²) >= 11 is 0. The van der Waals surface area contributed by atoms with Gasteiger partial charge in [-0.2, -0.15) is 0 Å². The molecule has 1 saturated carbocycles. The number of hydrogen-bond acceptors (Lipinski definition) is 4. The number of anilines is 1. The first kappa shape index (κ1) is 11.8. The molecule has 1 aromatic rings. The molecule has 1 aromatic carbocycles. The van der Waals surface area contributed by atoms with E-state index in [0.717, 1.165) is 12.8 Å². The van der Waals surface area contributed by atoms with Crippen molar-refractivity contribution in [2.75, 3.05) is 12.3 Å². The third kappa shape index (κ3) is 2.70. The molecule has 2 rings (SSSR count). The smallest absolute Gasteiger partial charge is 0.342 e. The normalized spacial score (nSPS) is 16.0. The zero-order chi connectivity index (χ0) is 12.3. The number of nitrogens with two attached hydrogens (primary N) is 1. The molecule has 0 aromatic heterocycles. The van der Waals surface area contributed by atoms with E-state index in [9.17, 15) is 9.90 Å². The number of aromatic hydroxyl groups is 1. The van der Waals surface area contributed by atoms with E-state index in [4.69, 9.17) is 10.5 Å². The minimum atomic E-state index is -0.498. The number of para-hydroxylation sites is 1. The summed E-state index contributed by atoms with van der Waals surface area (Å²) in [5, 5.41) is 9.63. The second kappa shape index (κ2) is 5.08. The zero-order valence-corrected chi connectivity index (χ0v) is 9.69. The van der Waals surface area contributed by atoms with Crippen LogP contribution in [0.2, 0.25) is 0 Å². The van der Waals surface area contributed by atoms with Crippen molar-refractivity contribution in [1.29, 1.82) is 0 Å². The van der Waals surface area contributed by atoms with Gasteiger partial charge in [-0.05, 0) is 30.9 Å². The molecule has 0 unspecified atom stereocenters. The van der Waals surface area contributed by atoms with E-state index in [1.54, 1.807) is 12.1 Å². The predicted octanol–water partition coefficient (Wildman–Crippen LogP) is 2.32. The van der Waals surface area contributed by atoms with E-state index in [1.165, 1.54) is 18.9 Å². The van der Waals surface area contributed by atoms with Crippen molar-refractivity contribution >= 4 is 11.7 Å². The van der Waals surface area contributed by atoms with Crippen LogP contribution < -0.4 is 5.73 Å². The maximum absolute atomic E-state index is 11.7. The van der Waals surface area contributed by atoms with E-state index in [1.807, 2.05) is 0 Å². The fourth-order valence-corrected chi connectivity index (χ4v) is 2.17. The average Bonchev–Trinajstić information content (AvgIpc) is 2.82. The molecule has 4 heteroatoms. The monoisotopic (exact) mass is 235 g/mol. The van der Waals surface area contributed by atoms with Gasteiger partial charge in [0.05, 0.1) is 12.3 Å². The number of phenols is 1. The standard InChI is InChI=1S/C13H17NO3/c14-11-7-3-6-10(12(11)15)13(16)17-8-9-4-1-2-5-9/h3,6-7,9,15H,1-2,4-5,8,14H2. The van der Waals surface area contributed by atoms with Gasteiger partial charge in [0, 0.05) is 0 Å². The van der Waals surface area contributed by atoms with Crippen LogP contribution >= 0.6 is 0 Å². The molecule has 0 aliphatic heterocycles. The molecule has 0 saturated heterocycles. The Morgan fingerprint density at radius 1 is 1.41 bits per heavy atom. The Hall–Kier alpha value is -1.71. The Morgan fingerprint density at radius 2 is 2.12 bits per heavy atom. The third-order valence-electron chi connectivity index (χ3n) is 3.21. The van der Waals surface area contributed by atoms with Gasteiger partial charge in [0.2, 0.25) is 0 Å². The van der Waals surface area contributed by atoms with Crippen LogP contribution in [0.15, 0.2) is 18.2 Å². The van der Waals surface area contributed by atoms with Crippen molar-refractivity contribution in [3.8, 4) is 5.75 Å². The summed E-state index contributed by atoms with van der Waals surface area (Å²) in [6, 6.07) is 4.69. The van der Waals surface area contributed by atoms with E-state index < -0.39 is 5.97 Å². The van der Waals surface area contributed by atoms with Crippen LogP contribution in [-0.2, 0) is 4.74 Å². The van der Waals surface area contributed by atoms with E-state index >= 15 is 0 Å². The SMILES string of the molecule is Nc1cccc(C(=O)OCC2CCCC2)c1O. The Balaban J connectivity index is 1.97. The van der Waals surface area contributed by atoms with Crippen LogP contribution in [0.4, 0.5) is 5.69 Å². The van der Waals surface area contributed by atoms with Crippen molar-refractivity contribution in [2.24, 2.45) is 5.92 Å². The first-order valence-electron chi connectivity index (χ1n) is 5.93. The van der Waals surface area contributed by atoms with Gasteiger partial charge in [-0.15, -0.1) is 0 Å². The van der Waals surface area contributed by atoms with Gasteiger partial charge < -0.3 is 15.6 Å². The number of nitrogen functional groups attached to an aromatic ring is 1. The minimum absolute atomic E-state index is 0.142. The molecule has 0 atom stereocenters. The highest BCUT2D eigenvalue weighted by Crippen LogP contribution is 2.27. The molecule has 0 radical (unpaired) electrons. The number of carbonyl (C=O) groups is 1. The van der Waals surface area contributed by atoms with Crippen molar-refractivity contribution in [2.45, 2.75) is 25.7 Å². The Kier molecular flexibility index (Phi) is 3.52. The van der Waals surface area contributed by atoms with Crippen molar-refractivity contribution in [1.82, 2.24) is 0 Å². The molecule has 0 amide bonds. The second-order valence-corrected chi connectivity index (χ2v) is 4.49. The van der Waals surface area contributed by atoms with Crippen LogP contribution in [0.5, 0.6) is 5.75 Å². The average molecular weight is 235 g/mol. The number of rotatable bonds is 3. The molecule has 1 aliphatic carbocycles. The van der Waals surface area contributed by atoms with Crippen LogP contribution in [0.3, 0.4) is 0 Å². The third-order valence-corrected chi connectivity index (χ3v) is 3.21. The van der Waals surface area contributed by atoms with Gasteiger partial charge in [0.25, 0.3) is 0 Å². The molecule has 4 nitrogen and oxygen atoms in total. The molecule has 0 spiro atoms. The highest BCUT2D eigenvalue weighted by molar-refractivity contribution is 5.94. The van der Waals surface area contributed by atoms with Crippen LogP contribution in [0.1, 0.15) is 36.0 Å². The van der Waals surface area contributed by atoms with Crippen LogP contribution in [-0.4, -0.2) is 17.7 Å². The number of benzene rings is 1. The summed E-state index contributed by atoms with van der Waals surface area (Å²) < 4.78 is 5.19. The van der Waals surface area contributed by atoms with Gasteiger partial charge in [0.15, 0.2) is 5.75 Å². The van der Waals surface area contributed by atoms with E-state index in [2.05, 4.69) is 0 Å². The van der Waals surface area contributed by atoms with Gasteiger partial charge in [-0.1, -0.05) is 18.9 Å². The Bertz CT molecular complexity index is 411. The fraction of sp³-hybridized carbons (Fsp3) is 0.462. The number of ether oxygens (including phenoxy) is 1. The first-order valence-corrected chi connectivity index (χ1v) is 5.93. The van der Waals surface area contributed by atoms with E-state index in [0.29, 0.717) is 12.5 Å². The number of carbonyl (C=O) groups excluding carboxylic acids is 1. The lowest BCUT2D eigenvalue weighted by Gasteiger charge is -2.11. The van der Waals surface area contributed by atoms with Gasteiger partial charge in [-0.25, -0.2) is 4.79 Å². The maximum Gasteiger partial charge on any atom is 0.342 e. The summed E-state index contributed by atoms with van der Waals surface area (Å²) in [4.78, 5) is 11.7. The lowest BCUT2D eigenvalue weighted by Crippen LogP contribution is -2.12. The molecular formula is C13H17NO3. The predicted molar refractivity (Wildman–Crippen MR) is 64.8 cm³/mol. The van der Waals surface area contributed by atoms with Gasteiger partial charge in [0.1, 0.15) is 5.56 Å². The lowest BCUT2D eigenvalue weighted by atomic mass is 10.1. The first-order chi connectivity index (χ1) is 8.18. The summed E-state index contributed by atoms with van der Waals surface area (Å²) in [6.07, 6.45) is 4.67. The Morgan fingerprint density at radius 3 is 2.82 bits per heavy atom. The van der Waals surface area contributed by atoms with Crippen molar-refractivity contribution in [3.05, 3.63) is 23.8 Å². The number of hydrogen-bond donors (Lipinski definition) is 2. The number of phenolic OH excluding ortho intramolecular Hbond substituents is 1. The van der Waals surface area contributed by atoms with Gasteiger partial charge >= 0.3 is 5.97 Å². The van der Waals surface area contributed by atoms with Crippen molar-refractivity contribution < 1.29 is 14.6 Å². The Labute approximate surface area is 100 Å². The fourth-order valence-electron chi connectivity index (χ4n) is 2.17. The minimum Gasteiger partial charge on any atom is -0.505 e. The molecule has 92 valence electrons. The largest absolute Gasteiger partial charge is 0.505 e. The molecule has 3 N–H and O–H groups in total. The highest BCUT2D eigenvalue weighted by Gasteiger charge is 2.19. The highest BCUT2D eigenvalue weighted by atomic mass is 16.5. The molecular weight excluding hydrogens is 218 g/mol. The number of esters is 1. The van der Waals surface area contributed by atoms with Gasteiger partial charge in [-0.3, -0.25) is 0 Å². The zero-order valence-electron chi connectivity index (χ0n) is 9.69. The van der Waals surface area contributed by atoms with E-state index in [-0.39, 0.29) is 17.0 Å². The molecule has 1 aliphatic rings. The molecule has 17 heavy (non-hydrogen) atoms. The lowest BCUT2D eigenvalue weighted by molar-refractivity contribution is 0.0439. The summed E-state index contributed by atoms with van der Waals surface area (Å²) in [6.45, 7) is 0.438. The van der Waals surface area contributed by atoms with Crippen LogP contribution in [0, 0.1) is 5.92 Å². The summed E-state index contributed by atoms with van der Waals surface area (Å²) in [7, 11) is 0. The maximum atomic E-state index is 11.7. The molecule has 0 bridgehead atoms. The quantitative estimate of drug-likeness (QED) is 0.479. The molecule has 0 heterocycles. The van der Waals surface area contributed by atoms with Crippen LogP contribution in [0.25, 0.3) is 0 Å². The topological polar surface area (TPSA) is 72.6 Å². The van der Waals surface area contributed by atoms with Crippen molar-refractivity contribution in [3.63, 3.8) is 0 Å². The molecule has 1 fully saturated rings. The summed E-state index contributed by atoms with van der Waals surface area (Å²) in [5.41, 5.74) is 5.86.